The number of ether oxygens (including phenoxy) is 1. The molecular weight excluding hydrogens is 368 g/mol. The van der Waals surface area contributed by atoms with Crippen LogP contribution in [0.15, 0.2) is 41.2 Å². The molecule has 3 heterocycles. The topological polar surface area (TPSA) is 68.5 Å². The van der Waals surface area contributed by atoms with Gasteiger partial charge in [0.2, 0.25) is 5.91 Å². The highest BCUT2D eigenvalue weighted by atomic mass is 32.1. The van der Waals surface area contributed by atoms with E-state index >= 15 is 0 Å². The molecular formula is C18H16N4O2S2. The van der Waals surface area contributed by atoms with Gasteiger partial charge in [-0.1, -0.05) is 0 Å². The number of hydrogen-bond acceptors (Lipinski definition) is 6. The van der Waals surface area contributed by atoms with E-state index in [1.54, 1.807) is 7.11 Å². The van der Waals surface area contributed by atoms with Gasteiger partial charge in [-0.2, -0.15) is 0 Å². The molecule has 4 aromatic rings. The molecule has 1 N–H and O–H groups in total. The van der Waals surface area contributed by atoms with Gasteiger partial charge in [-0.05, 0) is 31.2 Å². The second-order valence-electron chi connectivity index (χ2n) is 5.75. The Morgan fingerprint density at radius 3 is 2.69 bits per heavy atom. The van der Waals surface area contributed by atoms with Crippen LogP contribution in [0.2, 0.25) is 0 Å². The standard InChI is InChI=1S/C18H16N4O2S2/c1-11-9-25-17(19-11)21-16(23)7-13-10-26-18-20-15(8-22(13)18)12-3-5-14(24-2)6-4-12/h3-6,8-10H,7H2,1-2H3,(H,19,21,23). The molecule has 0 unspecified atom stereocenters. The Hall–Kier alpha value is -2.71. The SMILES string of the molecule is COc1ccc(-c2cn3c(CC(=O)Nc4nc(C)cs4)csc3n2)cc1. The molecule has 6 nitrogen and oxygen atoms in total. The molecule has 0 atom stereocenters. The zero-order chi connectivity index (χ0) is 18.1. The second-order valence-corrected chi connectivity index (χ2v) is 7.45. The number of rotatable bonds is 5. The van der Waals surface area contributed by atoms with Crippen LogP contribution in [0, 0.1) is 6.92 Å². The van der Waals surface area contributed by atoms with Crippen LogP contribution in [0.25, 0.3) is 16.2 Å². The van der Waals surface area contributed by atoms with Gasteiger partial charge in [-0.3, -0.25) is 9.20 Å². The van der Waals surface area contributed by atoms with Gasteiger partial charge in [0.25, 0.3) is 0 Å². The van der Waals surface area contributed by atoms with E-state index in [9.17, 15) is 4.79 Å². The molecule has 0 saturated heterocycles. The van der Waals surface area contributed by atoms with Crippen LogP contribution in [-0.4, -0.2) is 27.4 Å². The Labute approximate surface area is 158 Å². The molecule has 0 bridgehead atoms. The first-order valence-electron chi connectivity index (χ1n) is 7.94. The number of benzene rings is 1. The van der Waals surface area contributed by atoms with Crippen molar-refractivity contribution in [2.24, 2.45) is 0 Å². The van der Waals surface area contributed by atoms with Crippen molar-refractivity contribution in [2.75, 3.05) is 12.4 Å². The molecule has 3 aromatic heterocycles. The fourth-order valence-electron chi connectivity index (χ4n) is 2.60. The van der Waals surface area contributed by atoms with E-state index in [2.05, 4.69) is 15.3 Å². The van der Waals surface area contributed by atoms with Crippen molar-refractivity contribution in [3.8, 4) is 17.0 Å². The molecule has 0 radical (unpaired) electrons. The van der Waals surface area contributed by atoms with Crippen molar-refractivity contribution in [3.05, 3.63) is 52.6 Å². The van der Waals surface area contributed by atoms with Crippen LogP contribution in [0.1, 0.15) is 11.4 Å². The number of imidazole rings is 1. The van der Waals surface area contributed by atoms with E-state index in [-0.39, 0.29) is 12.3 Å². The smallest absolute Gasteiger partial charge is 0.232 e. The number of fused-ring (bicyclic) bond motifs is 1. The second kappa shape index (κ2) is 6.89. The average Bonchev–Trinajstić information content (AvgIpc) is 3.33. The molecule has 0 aliphatic carbocycles. The summed E-state index contributed by atoms with van der Waals surface area (Å²) in [5.41, 5.74) is 3.69. The van der Waals surface area contributed by atoms with Gasteiger partial charge in [-0.15, -0.1) is 22.7 Å². The number of anilines is 1. The maximum absolute atomic E-state index is 12.3. The predicted octanol–water partition coefficient (Wildman–Crippen LogP) is 4.02. The first kappa shape index (κ1) is 16.7. The summed E-state index contributed by atoms with van der Waals surface area (Å²) < 4.78 is 7.16. The van der Waals surface area contributed by atoms with Crippen LogP contribution in [0.5, 0.6) is 5.75 Å². The largest absolute Gasteiger partial charge is 0.497 e. The molecule has 8 heteroatoms. The van der Waals surface area contributed by atoms with Crippen LogP contribution in [0.3, 0.4) is 0 Å². The highest BCUT2D eigenvalue weighted by molar-refractivity contribution is 7.15. The van der Waals surface area contributed by atoms with Gasteiger partial charge in [0.1, 0.15) is 5.75 Å². The number of aryl methyl sites for hydroxylation is 1. The van der Waals surface area contributed by atoms with E-state index < -0.39 is 0 Å². The van der Waals surface area contributed by atoms with Crippen molar-refractivity contribution in [2.45, 2.75) is 13.3 Å². The number of hydrogen-bond donors (Lipinski definition) is 1. The van der Waals surface area contributed by atoms with Gasteiger partial charge >= 0.3 is 0 Å². The highest BCUT2D eigenvalue weighted by Gasteiger charge is 2.13. The molecule has 0 aliphatic heterocycles. The Morgan fingerprint density at radius 1 is 1.19 bits per heavy atom. The minimum Gasteiger partial charge on any atom is -0.497 e. The molecule has 0 aliphatic rings. The molecule has 132 valence electrons. The Morgan fingerprint density at radius 2 is 2.00 bits per heavy atom. The number of nitrogens with one attached hydrogen (secondary N) is 1. The molecule has 0 fully saturated rings. The first-order chi connectivity index (χ1) is 12.6. The molecule has 4 rings (SSSR count). The maximum atomic E-state index is 12.3. The lowest BCUT2D eigenvalue weighted by Gasteiger charge is -2.01. The van der Waals surface area contributed by atoms with Crippen molar-refractivity contribution < 1.29 is 9.53 Å². The summed E-state index contributed by atoms with van der Waals surface area (Å²) in [7, 11) is 1.64. The predicted molar refractivity (Wildman–Crippen MR) is 104 cm³/mol. The zero-order valence-corrected chi connectivity index (χ0v) is 15.9. The molecule has 26 heavy (non-hydrogen) atoms. The van der Waals surface area contributed by atoms with Gasteiger partial charge in [-0.25, -0.2) is 9.97 Å². The fourth-order valence-corrected chi connectivity index (χ4v) is 4.17. The number of thiazole rings is 2. The third-order valence-electron chi connectivity index (χ3n) is 3.88. The van der Waals surface area contributed by atoms with Crippen LogP contribution in [0.4, 0.5) is 5.13 Å². The van der Waals surface area contributed by atoms with E-state index in [0.717, 1.165) is 33.4 Å². The lowest BCUT2D eigenvalue weighted by atomic mass is 10.2. The molecule has 0 saturated carbocycles. The van der Waals surface area contributed by atoms with Gasteiger partial charge < -0.3 is 10.1 Å². The van der Waals surface area contributed by atoms with Crippen molar-refractivity contribution in [3.63, 3.8) is 0 Å². The molecule has 0 spiro atoms. The first-order valence-corrected chi connectivity index (χ1v) is 9.70. The number of aromatic nitrogens is 3. The summed E-state index contributed by atoms with van der Waals surface area (Å²) in [5.74, 6) is 0.725. The third-order valence-corrected chi connectivity index (χ3v) is 5.64. The lowest BCUT2D eigenvalue weighted by Crippen LogP contribution is -2.15. The summed E-state index contributed by atoms with van der Waals surface area (Å²) in [5, 5.41) is 7.35. The summed E-state index contributed by atoms with van der Waals surface area (Å²) in [6, 6.07) is 7.77. The number of carbonyl (C=O) groups excluding carboxylic acids is 1. The fraction of sp³-hybridized carbons (Fsp3) is 0.167. The van der Waals surface area contributed by atoms with Crippen LogP contribution < -0.4 is 10.1 Å². The summed E-state index contributed by atoms with van der Waals surface area (Å²) in [4.78, 5) is 22.1. The Bertz CT molecular complexity index is 1060. The van der Waals surface area contributed by atoms with Crippen molar-refractivity contribution in [1.82, 2.24) is 14.4 Å². The zero-order valence-electron chi connectivity index (χ0n) is 14.2. The molecule has 1 amide bonds. The minimum atomic E-state index is -0.0845. The van der Waals surface area contributed by atoms with Gasteiger partial charge in [0.05, 0.1) is 24.9 Å². The molecule has 1 aromatic carbocycles. The number of methoxy groups -OCH3 is 1. The van der Waals surface area contributed by atoms with E-state index in [4.69, 9.17) is 4.74 Å². The number of carbonyl (C=O) groups is 1. The average molecular weight is 384 g/mol. The van der Waals surface area contributed by atoms with E-state index in [1.807, 2.05) is 52.5 Å². The Kier molecular flexibility index (Phi) is 4.44. The van der Waals surface area contributed by atoms with Crippen molar-refractivity contribution >= 4 is 38.7 Å². The number of nitrogens with zero attached hydrogens (tertiary/aromatic N) is 3. The monoisotopic (exact) mass is 384 g/mol. The van der Waals surface area contributed by atoms with Crippen LogP contribution >= 0.6 is 22.7 Å². The lowest BCUT2D eigenvalue weighted by molar-refractivity contribution is -0.115. The minimum absolute atomic E-state index is 0.0845. The van der Waals surface area contributed by atoms with Crippen molar-refractivity contribution in [1.29, 1.82) is 0 Å². The summed E-state index contributed by atoms with van der Waals surface area (Å²) in [6.45, 7) is 1.90. The van der Waals surface area contributed by atoms with Gasteiger partial charge in [0.15, 0.2) is 10.1 Å². The summed E-state index contributed by atoms with van der Waals surface area (Å²) >= 11 is 2.95. The van der Waals surface area contributed by atoms with Crippen LogP contribution in [-0.2, 0) is 11.2 Å². The van der Waals surface area contributed by atoms with E-state index in [0.29, 0.717) is 5.13 Å². The summed E-state index contributed by atoms with van der Waals surface area (Å²) in [6.07, 6.45) is 2.24. The quantitative estimate of drug-likeness (QED) is 0.564. The normalized spacial score (nSPS) is 11.0. The Balaban J connectivity index is 1.54. The maximum Gasteiger partial charge on any atom is 0.232 e. The third kappa shape index (κ3) is 3.33. The highest BCUT2D eigenvalue weighted by Crippen LogP contribution is 2.25. The van der Waals surface area contributed by atoms with Gasteiger partial charge in [0, 0.05) is 28.2 Å². The van der Waals surface area contributed by atoms with E-state index in [1.165, 1.54) is 22.7 Å². The number of amides is 1.